The molecule has 8 heteroatoms. The molecule has 1 aliphatic heterocycles. The van der Waals surface area contributed by atoms with Crippen LogP contribution < -0.4 is 16.0 Å². The van der Waals surface area contributed by atoms with Crippen LogP contribution >= 0.6 is 0 Å². The summed E-state index contributed by atoms with van der Waals surface area (Å²) in [4.78, 5) is 24.1. The quantitative estimate of drug-likeness (QED) is 0.442. The lowest BCUT2D eigenvalue weighted by Gasteiger charge is -2.27. The summed E-state index contributed by atoms with van der Waals surface area (Å²) in [5.41, 5.74) is 7.56. The molecule has 2 aromatic rings. The minimum atomic E-state index is -0.902. The fraction of sp³-hybridized carbons (Fsp3) is 0.381. The average Bonchev–Trinajstić information content (AvgIpc) is 2.75. The number of carbonyl (C=O) groups excluding carboxylic acids is 1. The number of aromatic nitrogens is 1. The molecule has 154 valence electrons. The van der Waals surface area contributed by atoms with Crippen molar-refractivity contribution in [2.45, 2.75) is 39.2 Å². The molecule has 1 unspecified atom stereocenters. The van der Waals surface area contributed by atoms with Crippen LogP contribution in [-0.2, 0) is 9.63 Å². The molecule has 2 heterocycles. The van der Waals surface area contributed by atoms with Crippen molar-refractivity contribution < 1.29 is 14.0 Å². The summed E-state index contributed by atoms with van der Waals surface area (Å²) in [6.45, 7) is 5.14. The molecule has 1 aromatic carbocycles. The number of hydrogen-bond acceptors (Lipinski definition) is 5. The summed E-state index contributed by atoms with van der Waals surface area (Å²) < 4.78 is 13.6. The molecule has 1 atom stereocenters. The number of aryl methyl sites for hydroxylation is 1. The molecular formula is C21H26FN5O2. The summed E-state index contributed by atoms with van der Waals surface area (Å²) in [6, 6.07) is 8.09. The second kappa shape index (κ2) is 9.36. The number of hydrogen-bond donors (Lipinski definition) is 2. The first-order valence-corrected chi connectivity index (χ1v) is 9.71. The smallest absolute Gasteiger partial charge is 0.267 e. The Morgan fingerprint density at radius 1 is 1.28 bits per heavy atom. The normalized spacial score (nSPS) is 15.7. The van der Waals surface area contributed by atoms with Gasteiger partial charge in [0.15, 0.2) is 5.84 Å². The molecule has 1 saturated heterocycles. The molecule has 0 radical (unpaired) electrons. The number of nitrogens with one attached hydrogen (secondary N) is 1. The van der Waals surface area contributed by atoms with E-state index in [1.165, 1.54) is 12.5 Å². The van der Waals surface area contributed by atoms with E-state index in [-0.39, 0.29) is 11.7 Å². The van der Waals surface area contributed by atoms with Crippen LogP contribution in [0.5, 0.6) is 0 Å². The van der Waals surface area contributed by atoms with E-state index in [1.54, 1.807) is 38.2 Å². The zero-order chi connectivity index (χ0) is 20.8. The standard InChI is InChI=1S/C21H26FN5O2/c1-14-6-7-17(13-18(14)22)25-21(28)15(2)29-26-20(23)16-8-9-24-19(12-16)27-10-4-3-5-11-27/h6-9,12-13,15H,3-5,10-11H2,1-2H3,(H2,23,26)(H,25,28). The number of halogens is 1. The maximum absolute atomic E-state index is 13.6. The van der Waals surface area contributed by atoms with E-state index in [4.69, 9.17) is 10.6 Å². The number of carbonyl (C=O) groups is 1. The molecule has 0 aliphatic carbocycles. The van der Waals surface area contributed by atoms with Crippen molar-refractivity contribution in [3.05, 3.63) is 53.5 Å². The Bertz CT molecular complexity index is 896. The molecule has 7 nitrogen and oxygen atoms in total. The van der Waals surface area contributed by atoms with E-state index < -0.39 is 12.0 Å². The Balaban J connectivity index is 1.61. The Kier molecular flexibility index (Phi) is 6.64. The van der Waals surface area contributed by atoms with Crippen molar-refractivity contribution in [1.29, 1.82) is 0 Å². The van der Waals surface area contributed by atoms with Gasteiger partial charge in [-0.05, 0) is 62.9 Å². The Morgan fingerprint density at radius 2 is 2.03 bits per heavy atom. The molecule has 3 N–H and O–H groups in total. The number of amidine groups is 1. The van der Waals surface area contributed by atoms with Gasteiger partial charge in [-0.2, -0.15) is 0 Å². The van der Waals surface area contributed by atoms with Crippen molar-refractivity contribution in [2.24, 2.45) is 10.9 Å². The topological polar surface area (TPSA) is 92.8 Å². The zero-order valence-electron chi connectivity index (χ0n) is 16.7. The van der Waals surface area contributed by atoms with Gasteiger partial charge in [0.1, 0.15) is 11.6 Å². The first-order valence-electron chi connectivity index (χ1n) is 9.71. The molecule has 3 rings (SSSR count). The van der Waals surface area contributed by atoms with Crippen molar-refractivity contribution in [3.63, 3.8) is 0 Å². The van der Waals surface area contributed by atoms with Gasteiger partial charge in [-0.3, -0.25) is 4.79 Å². The number of amides is 1. The predicted molar refractivity (Wildman–Crippen MR) is 111 cm³/mol. The minimum absolute atomic E-state index is 0.159. The summed E-state index contributed by atoms with van der Waals surface area (Å²) in [6.07, 6.45) is 4.32. The number of pyridine rings is 1. The Labute approximate surface area is 169 Å². The number of rotatable bonds is 6. The Hall–Kier alpha value is -3.16. The molecule has 0 spiro atoms. The van der Waals surface area contributed by atoms with E-state index in [9.17, 15) is 9.18 Å². The highest BCUT2D eigenvalue weighted by molar-refractivity contribution is 5.98. The highest BCUT2D eigenvalue weighted by Crippen LogP contribution is 2.18. The fourth-order valence-electron chi connectivity index (χ4n) is 3.02. The van der Waals surface area contributed by atoms with Crippen LogP contribution in [0.1, 0.15) is 37.3 Å². The summed E-state index contributed by atoms with van der Waals surface area (Å²) in [5, 5.41) is 6.48. The first kappa shape index (κ1) is 20.6. The molecule has 0 bridgehead atoms. The third kappa shape index (κ3) is 5.43. The minimum Gasteiger partial charge on any atom is -0.381 e. The SMILES string of the molecule is Cc1ccc(NC(=O)C(C)O/N=C(/N)c2ccnc(N3CCCCC3)c2)cc1F. The van der Waals surface area contributed by atoms with Crippen molar-refractivity contribution in [2.75, 3.05) is 23.3 Å². The lowest BCUT2D eigenvalue weighted by Crippen LogP contribution is -2.30. The maximum Gasteiger partial charge on any atom is 0.267 e. The molecule has 1 aromatic heterocycles. The highest BCUT2D eigenvalue weighted by Gasteiger charge is 2.16. The largest absolute Gasteiger partial charge is 0.381 e. The van der Waals surface area contributed by atoms with Crippen LogP contribution in [0.3, 0.4) is 0 Å². The van der Waals surface area contributed by atoms with Crippen molar-refractivity contribution >= 4 is 23.2 Å². The van der Waals surface area contributed by atoms with Crippen LogP contribution in [0.2, 0.25) is 0 Å². The van der Waals surface area contributed by atoms with Crippen LogP contribution in [0.4, 0.5) is 15.9 Å². The van der Waals surface area contributed by atoms with Crippen LogP contribution in [-0.4, -0.2) is 35.9 Å². The third-order valence-electron chi connectivity index (χ3n) is 4.84. The second-order valence-corrected chi connectivity index (χ2v) is 7.13. The fourth-order valence-corrected chi connectivity index (χ4v) is 3.02. The lowest BCUT2D eigenvalue weighted by atomic mass is 10.1. The maximum atomic E-state index is 13.6. The summed E-state index contributed by atoms with van der Waals surface area (Å²) in [5.74, 6) is 0.175. The van der Waals surface area contributed by atoms with Crippen molar-refractivity contribution in [3.8, 4) is 0 Å². The van der Waals surface area contributed by atoms with Crippen molar-refractivity contribution in [1.82, 2.24) is 4.98 Å². The number of piperidine rings is 1. The number of anilines is 2. The number of nitrogens with zero attached hydrogens (tertiary/aromatic N) is 3. The van der Waals surface area contributed by atoms with E-state index in [2.05, 4.69) is 20.4 Å². The van der Waals surface area contributed by atoms with Gasteiger partial charge in [0.25, 0.3) is 5.91 Å². The lowest BCUT2D eigenvalue weighted by molar-refractivity contribution is -0.126. The third-order valence-corrected chi connectivity index (χ3v) is 4.84. The van der Waals surface area contributed by atoms with E-state index in [0.29, 0.717) is 16.8 Å². The summed E-state index contributed by atoms with van der Waals surface area (Å²) in [7, 11) is 0. The predicted octanol–water partition coefficient (Wildman–Crippen LogP) is 3.18. The highest BCUT2D eigenvalue weighted by atomic mass is 19.1. The molecule has 29 heavy (non-hydrogen) atoms. The Morgan fingerprint density at radius 3 is 2.76 bits per heavy atom. The van der Waals surface area contributed by atoms with Gasteiger partial charge in [0.05, 0.1) is 0 Å². The van der Waals surface area contributed by atoms with Gasteiger partial charge in [-0.25, -0.2) is 9.37 Å². The van der Waals surface area contributed by atoms with Crippen LogP contribution in [0, 0.1) is 12.7 Å². The average molecular weight is 399 g/mol. The zero-order valence-corrected chi connectivity index (χ0v) is 16.7. The molecule has 1 fully saturated rings. The van der Waals surface area contributed by atoms with Gasteiger partial charge < -0.3 is 20.8 Å². The van der Waals surface area contributed by atoms with Gasteiger partial charge in [0.2, 0.25) is 6.10 Å². The molecular weight excluding hydrogens is 373 g/mol. The monoisotopic (exact) mass is 399 g/mol. The van der Waals surface area contributed by atoms with E-state index in [0.717, 1.165) is 31.7 Å². The molecule has 1 amide bonds. The van der Waals surface area contributed by atoms with Gasteiger partial charge >= 0.3 is 0 Å². The molecule has 0 saturated carbocycles. The molecule has 1 aliphatic rings. The van der Waals surface area contributed by atoms with Crippen LogP contribution in [0.15, 0.2) is 41.7 Å². The second-order valence-electron chi connectivity index (χ2n) is 7.13. The number of oxime groups is 1. The number of nitrogens with two attached hydrogens (primary N) is 1. The first-order chi connectivity index (χ1) is 13.9. The van der Waals surface area contributed by atoms with E-state index in [1.807, 2.05) is 6.07 Å². The van der Waals surface area contributed by atoms with E-state index >= 15 is 0 Å². The van der Waals surface area contributed by atoms with Gasteiger partial charge in [0, 0.05) is 30.5 Å². The van der Waals surface area contributed by atoms with Crippen LogP contribution in [0.25, 0.3) is 0 Å². The van der Waals surface area contributed by atoms with Gasteiger partial charge in [-0.15, -0.1) is 0 Å². The summed E-state index contributed by atoms with van der Waals surface area (Å²) >= 11 is 0. The number of benzene rings is 1. The van der Waals surface area contributed by atoms with Gasteiger partial charge in [-0.1, -0.05) is 11.2 Å².